The van der Waals surface area contributed by atoms with E-state index < -0.39 is 17.9 Å². The first-order valence-corrected chi connectivity index (χ1v) is 9.44. The van der Waals surface area contributed by atoms with Crippen molar-refractivity contribution in [3.8, 4) is 0 Å². The smallest absolute Gasteiger partial charge is 0.336 e. The number of hydrogen-bond acceptors (Lipinski definition) is 6. The van der Waals surface area contributed by atoms with E-state index in [4.69, 9.17) is 9.47 Å². The molecule has 6 nitrogen and oxygen atoms in total. The van der Waals surface area contributed by atoms with Crippen LogP contribution in [-0.4, -0.2) is 31.9 Å². The zero-order valence-corrected chi connectivity index (χ0v) is 17.3. The van der Waals surface area contributed by atoms with Crippen molar-refractivity contribution in [1.29, 1.82) is 0 Å². The van der Waals surface area contributed by atoms with Crippen LogP contribution >= 0.6 is 0 Å². The van der Waals surface area contributed by atoms with Crippen molar-refractivity contribution in [3.05, 3.63) is 93.8 Å². The number of methoxy groups -OCH3 is 2. The van der Waals surface area contributed by atoms with E-state index in [0.29, 0.717) is 39.2 Å². The van der Waals surface area contributed by atoms with Gasteiger partial charge in [-0.1, -0.05) is 48.5 Å². The summed E-state index contributed by atoms with van der Waals surface area (Å²) in [6, 6.07) is 15.9. The molecule has 6 heteroatoms. The highest BCUT2D eigenvalue weighted by Crippen LogP contribution is 2.39. The summed E-state index contributed by atoms with van der Waals surface area (Å²) in [6.45, 7) is 3.49. The van der Waals surface area contributed by atoms with Crippen molar-refractivity contribution in [3.63, 3.8) is 0 Å². The molecule has 0 saturated heterocycles. The highest BCUT2D eigenvalue weighted by molar-refractivity contribution is 6.09. The third-order valence-electron chi connectivity index (χ3n) is 5.09. The summed E-state index contributed by atoms with van der Waals surface area (Å²) >= 11 is 0. The molecule has 1 aliphatic rings. The molecule has 0 amide bonds. The van der Waals surface area contributed by atoms with Gasteiger partial charge in [-0.2, -0.15) is 0 Å². The largest absolute Gasteiger partial charge is 0.466 e. The summed E-state index contributed by atoms with van der Waals surface area (Å²) in [6.07, 6.45) is 0. The summed E-state index contributed by atoms with van der Waals surface area (Å²) < 4.78 is 9.95. The Morgan fingerprint density at radius 2 is 1.30 bits per heavy atom. The molecule has 2 aromatic rings. The molecule has 1 aliphatic heterocycles. The molecule has 0 fully saturated rings. The number of esters is 2. The fraction of sp³-hybridized carbons (Fsp3) is 0.208. The number of carbonyl (C=O) groups is 3. The Balaban J connectivity index is 2.16. The van der Waals surface area contributed by atoms with Crippen LogP contribution in [0.3, 0.4) is 0 Å². The van der Waals surface area contributed by atoms with Crippen LogP contribution in [0.15, 0.2) is 77.1 Å². The lowest BCUT2D eigenvalue weighted by atomic mass is 9.79. The van der Waals surface area contributed by atoms with Crippen LogP contribution in [0, 0.1) is 0 Å². The summed E-state index contributed by atoms with van der Waals surface area (Å²) in [7, 11) is 2.58. The zero-order chi connectivity index (χ0) is 21.8. The lowest BCUT2D eigenvalue weighted by Gasteiger charge is -2.30. The van der Waals surface area contributed by atoms with Crippen molar-refractivity contribution in [2.75, 3.05) is 14.2 Å². The van der Waals surface area contributed by atoms with E-state index in [1.807, 2.05) is 6.07 Å². The van der Waals surface area contributed by atoms with E-state index in [-0.39, 0.29) is 5.78 Å². The van der Waals surface area contributed by atoms with E-state index >= 15 is 0 Å². The minimum Gasteiger partial charge on any atom is -0.466 e. The van der Waals surface area contributed by atoms with Gasteiger partial charge in [0.05, 0.1) is 31.3 Å². The maximum absolute atomic E-state index is 12.9. The fourth-order valence-corrected chi connectivity index (χ4v) is 3.70. The number of ketones is 1. The second-order valence-corrected chi connectivity index (χ2v) is 6.94. The third kappa shape index (κ3) is 3.89. The number of carbonyl (C=O) groups excluding carboxylic acids is 3. The number of ether oxygens (including phenoxy) is 2. The lowest BCUT2D eigenvalue weighted by molar-refractivity contribution is -0.137. The minimum atomic E-state index is -0.727. The standard InChI is InChI=1S/C24H23NO5/c1-14-19(23(27)29-3)21(20(15(2)25-14)24(28)30-4)17-11-8-12-18(13-17)22(26)16-9-6-5-7-10-16/h5-13,21,25H,1-4H3. The van der Waals surface area contributed by atoms with Gasteiger partial charge in [0.15, 0.2) is 5.78 Å². The van der Waals surface area contributed by atoms with Gasteiger partial charge < -0.3 is 14.8 Å². The lowest BCUT2D eigenvalue weighted by Crippen LogP contribution is -2.32. The molecular weight excluding hydrogens is 382 g/mol. The molecule has 30 heavy (non-hydrogen) atoms. The van der Waals surface area contributed by atoms with Gasteiger partial charge in [-0.05, 0) is 25.5 Å². The first kappa shape index (κ1) is 21.0. The van der Waals surface area contributed by atoms with Crippen LogP contribution in [0.5, 0.6) is 0 Å². The van der Waals surface area contributed by atoms with Gasteiger partial charge in [-0.3, -0.25) is 4.79 Å². The van der Waals surface area contributed by atoms with Gasteiger partial charge in [-0.25, -0.2) is 9.59 Å². The molecule has 0 aliphatic carbocycles. The van der Waals surface area contributed by atoms with Crippen molar-refractivity contribution in [2.24, 2.45) is 0 Å². The summed E-state index contributed by atoms with van der Waals surface area (Å²) in [5, 5.41) is 3.06. The van der Waals surface area contributed by atoms with Gasteiger partial charge in [0.25, 0.3) is 0 Å². The molecule has 3 rings (SSSR count). The third-order valence-corrected chi connectivity index (χ3v) is 5.09. The first-order chi connectivity index (χ1) is 14.4. The van der Waals surface area contributed by atoms with Crippen molar-refractivity contribution in [2.45, 2.75) is 19.8 Å². The van der Waals surface area contributed by atoms with Gasteiger partial charge in [0.1, 0.15) is 0 Å². The number of benzene rings is 2. The average molecular weight is 405 g/mol. The van der Waals surface area contributed by atoms with Crippen LogP contribution in [0.2, 0.25) is 0 Å². The van der Waals surface area contributed by atoms with E-state index in [1.165, 1.54) is 14.2 Å². The second kappa shape index (κ2) is 8.78. The quantitative estimate of drug-likeness (QED) is 0.606. The Morgan fingerprint density at radius 3 is 1.83 bits per heavy atom. The molecule has 0 atom stereocenters. The minimum absolute atomic E-state index is 0.146. The van der Waals surface area contributed by atoms with Crippen LogP contribution < -0.4 is 5.32 Å². The van der Waals surface area contributed by atoms with Gasteiger partial charge >= 0.3 is 11.9 Å². The molecule has 154 valence electrons. The maximum atomic E-state index is 12.9. The Kier molecular flexibility index (Phi) is 6.16. The van der Waals surface area contributed by atoms with Crippen molar-refractivity contribution < 1.29 is 23.9 Å². The van der Waals surface area contributed by atoms with Crippen LogP contribution in [0.25, 0.3) is 0 Å². The average Bonchev–Trinajstić information content (AvgIpc) is 2.77. The molecular formula is C24H23NO5. The van der Waals surface area contributed by atoms with Gasteiger partial charge in [0, 0.05) is 22.5 Å². The number of allylic oxidation sites excluding steroid dienone is 2. The number of dihydropyridines is 1. The Labute approximate surface area is 175 Å². The normalized spacial score (nSPS) is 14.3. The van der Waals surface area contributed by atoms with E-state index in [9.17, 15) is 14.4 Å². The topological polar surface area (TPSA) is 81.7 Å². The molecule has 0 spiro atoms. The van der Waals surface area contributed by atoms with Crippen LogP contribution in [0.4, 0.5) is 0 Å². The molecule has 0 saturated carbocycles. The van der Waals surface area contributed by atoms with E-state index in [0.717, 1.165) is 0 Å². The molecule has 2 aromatic carbocycles. The van der Waals surface area contributed by atoms with Crippen molar-refractivity contribution in [1.82, 2.24) is 5.32 Å². The summed E-state index contributed by atoms with van der Waals surface area (Å²) in [5.41, 5.74) is 3.40. The predicted octanol–water partition coefficient (Wildman–Crippen LogP) is 3.50. The first-order valence-electron chi connectivity index (χ1n) is 9.44. The molecule has 0 unspecified atom stereocenters. The predicted molar refractivity (Wildman–Crippen MR) is 112 cm³/mol. The highest BCUT2D eigenvalue weighted by Gasteiger charge is 2.37. The summed E-state index contributed by atoms with van der Waals surface area (Å²) in [5.74, 6) is -1.99. The fourth-order valence-electron chi connectivity index (χ4n) is 3.70. The highest BCUT2D eigenvalue weighted by atomic mass is 16.5. The molecule has 0 aromatic heterocycles. The van der Waals surface area contributed by atoms with E-state index in [2.05, 4.69) is 5.32 Å². The zero-order valence-electron chi connectivity index (χ0n) is 17.3. The van der Waals surface area contributed by atoms with Crippen LogP contribution in [0.1, 0.15) is 41.3 Å². The second-order valence-electron chi connectivity index (χ2n) is 6.94. The van der Waals surface area contributed by atoms with E-state index in [1.54, 1.807) is 62.4 Å². The number of rotatable bonds is 5. The molecule has 1 heterocycles. The summed E-state index contributed by atoms with van der Waals surface area (Å²) in [4.78, 5) is 38.1. The Bertz CT molecular complexity index is 1030. The van der Waals surface area contributed by atoms with Crippen LogP contribution in [-0.2, 0) is 19.1 Å². The SMILES string of the molecule is COC(=O)C1=C(C)NC(C)=C(C(=O)OC)C1c1cccc(C(=O)c2ccccc2)c1. The van der Waals surface area contributed by atoms with Gasteiger partial charge in [-0.15, -0.1) is 0 Å². The Morgan fingerprint density at radius 1 is 0.767 bits per heavy atom. The maximum Gasteiger partial charge on any atom is 0.336 e. The molecule has 0 radical (unpaired) electrons. The van der Waals surface area contributed by atoms with Gasteiger partial charge in [0.2, 0.25) is 0 Å². The van der Waals surface area contributed by atoms with Crippen molar-refractivity contribution >= 4 is 17.7 Å². The number of hydrogen-bond donors (Lipinski definition) is 1. The Hall–Kier alpha value is -3.67. The number of nitrogens with one attached hydrogen (secondary N) is 1. The monoisotopic (exact) mass is 405 g/mol. The molecule has 1 N–H and O–H groups in total. The molecule has 0 bridgehead atoms.